The molecule has 1 saturated heterocycles. The maximum absolute atomic E-state index is 12.0. The van der Waals surface area contributed by atoms with Crippen LogP contribution in [0.25, 0.3) is 0 Å². The van der Waals surface area contributed by atoms with Crippen LogP contribution in [-0.4, -0.2) is 42.2 Å². The van der Waals surface area contributed by atoms with Gasteiger partial charge in [0, 0.05) is 13.1 Å². The molecule has 0 aliphatic carbocycles. The highest BCUT2D eigenvalue weighted by atomic mass is 35.8. The topological polar surface area (TPSA) is 24.8 Å². The van der Waals surface area contributed by atoms with E-state index in [0.29, 0.717) is 13.1 Å². The Morgan fingerprint density at radius 3 is 2.20 bits per heavy atom. The number of carbonyl (C=O) groups is 1. The van der Waals surface area contributed by atoms with Gasteiger partial charge in [-0.25, -0.2) is 9.69 Å². The number of urea groups is 1. The molecule has 2 amide bonds. The molecule has 0 aromatic rings. The van der Waals surface area contributed by atoms with Gasteiger partial charge in [0.25, 0.3) is 0 Å². The molecule has 0 radical (unpaired) electrons. The van der Waals surface area contributed by atoms with Gasteiger partial charge in [0.05, 0.1) is 13.0 Å². The lowest BCUT2D eigenvalue weighted by Gasteiger charge is -2.39. The number of halogens is 3. The van der Waals surface area contributed by atoms with Crippen molar-refractivity contribution in [1.29, 1.82) is 0 Å². The van der Waals surface area contributed by atoms with Crippen molar-refractivity contribution in [3.63, 3.8) is 0 Å². The number of hydrogen-bond donors (Lipinski definition) is 1. The molecular formula is C8H16Cl3N2OSi+. The van der Waals surface area contributed by atoms with E-state index in [0.717, 1.165) is 17.9 Å². The Labute approximate surface area is 105 Å². The molecule has 1 heterocycles. The lowest BCUT2D eigenvalue weighted by molar-refractivity contribution is -0.877. The predicted molar refractivity (Wildman–Crippen MR) is 65.9 cm³/mol. The fraction of sp³-hybridized carbons (Fsp3) is 0.875. The van der Waals surface area contributed by atoms with Gasteiger partial charge < -0.3 is 0 Å². The van der Waals surface area contributed by atoms with Gasteiger partial charge in [-0.1, -0.05) is 0 Å². The number of nitrogens with one attached hydrogen (secondary N) is 1. The predicted octanol–water partition coefficient (Wildman–Crippen LogP) is 1.30. The molecule has 0 bridgehead atoms. The molecule has 1 fully saturated rings. The van der Waals surface area contributed by atoms with Gasteiger partial charge in [0.2, 0.25) is 0 Å². The Bertz CT molecular complexity index is 243. The normalized spacial score (nSPS) is 25.9. The Hall–Kier alpha value is 0.517. The van der Waals surface area contributed by atoms with Crippen LogP contribution in [0.4, 0.5) is 4.79 Å². The monoisotopic (exact) mass is 289 g/mol. The van der Waals surface area contributed by atoms with Gasteiger partial charge in [-0.15, -0.1) is 33.2 Å². The standard InChI is InChI=1S/C8H15Cl3N2OSi/c1-3-12(4-2)8(14)13-6-5-7(13)15(9,10)11/h7H,3-6H2,1-2H3/p+1. The van der Waals surface area contributed by atoms with Crippen molar-refractivity contribution in [3.8, 4) is 0 Å². The first kappa shape index (κ1) is 13.6. The summed E-state index contributed by atoms with van der Waals surface area (Å²) in [5, 5.41) is 0. The van der Waals surface area contributed by atoms with E-state index in [9.17, 15) is 4.79 Å². The first-order chi connectivity index (χ1) is 6.91. The zero-order valence-corrected chi connectivity index (χ0v) is 12.2. The van der Waals surface area contributed by atoms with Crippen LogP contribution in [0.2, 0.25) is 0 Å². The zero-order chi connectivity index (χ0) is 11.6. The number of amides is 2. The van der Waals surface area contributed by atoms with Gasteiger partial charge in [-0.3, -0.25) is 4.90 Å². The molecule has 1 rings (SSSR count). The minimum absolute atomic E-state index is 0.0596. The Morgan fingerprint density at radius 2 is 1.93 bits per heavy atom. The molecule has 1 aliphatic heterocycles. The third-order valence-electron chi connectivity index (χ3n) is 2.84. The number of carbonyl (C=O) groups excluding carboxylic acids is 1. The zero-order valence-electron chi connectivity index (χ0n) is 8.90. The lowest BCUT2D eigenvalue weighted by Crippen LogP contribution is -3.27. The van der Waals surface area contributed by atoms with E-state index in [-0.39, 0.29) is 11.7 Å². The molecule has 7 heteroatoms. The highest BCUT2D eigenvalue weighted by molar-refractivity contribution is 7.65. The van der Waals surface area contributed by atoms with Crippen molar-refractivity contribution in [2.75, 3.05) is 19.6 Å². The SMILES string of the molecule is CCN(CC)C(=O)[NH+]1CCC1[Si](Cl)(Cl)Cl. The van der Waals surface area contributed by atoms with Crippen LogP contribution in [0.3, 0.4) is 0 Å². The third-order valence-corrected chi connectivity index (χ3v) is 6.64. The molecule has 0 spiro atoms. The van der Waals surface area contributed by atoms with Crippen LogP contribution in [0, 0.1) is 0 Å². The largest absolute Gasteiger partial charge is 0.417 e. The summed E-state index contributed by atoms with van der Waals surface area (Å²) in [4.78, 5) is 14.6. The molecule has 15 heavy (non-hydrogen) atoms. The number of quaternary nitrogens is 1. The Morgan fingerprint density at radius 1 is 1.40 bits per heavy atom. The molecule has 3 nitrogen and oxygen atoms in total. The van der Waals surface area contributed by atoms with Crippen molar-refractivity contribution in [2.24, 2.45) is 0 Å². The fourth-order valence-corrected chi connectivity index (χ4v) is 5.07. The average Bonchev–Trinajstić information content (AvgIpc) is 2.00. The molecule has 0 aromatic heterocycles. The lowest BCUT2D eigenvalue weighted by atomic mass is 10.2. The quantitative estimate of drug-likeness (QED) is 0.615. The minimum Gasteiger partial charge on any atom is -0.293 e. The number of rotatable bonds is 3. The number of likely N-dealkylation sites (tertiary alicyclic amines) is 1. The average molecular weight is 291 g/mol. The molecule has 0 saturated carbocycles. The Kier molecular flexibility index (Phi) is 4.74. The summed E-state index contributed by atoms with van der Waals surface area (Å²) in [5.74, 6) is 0. The maximum atomic E-state index is 12.0. The van der Waals surface area contributed by atoms with Crippen molar-refractivity contribution in [2.45, 2.75) is 25.9 Å². The molecule has 2 unspecified atom stereocenters. The van der Waals surface area contributed by atoms with Gasteiger partial charge in [-0.05, 0) is 13.8 Å². The first-order valence-electron chi connectivity index (χ1n) is 5.13. The molecular weight excluding hydrogens is 275 g/mol. The van der Waals surface area contributed by atoms with Gasteiger partial charge in [-0.2, -0.15) is 0 Å². The molecule has 88 valence electrons. The summed E-state index contributed by atoms with van der Waals surface area (Å²) in [6, 6.07) is -2.66. The summed E-state index contributed by atoms with van der Waals surface area (Å²) in [6.45, 7) is 6.14. The second kappa shape index (κ2) is 5.23. The highest BCUT2D eigenvalue weighted by Crippen LogP contribution is 2.26. The molecule has 1 aliphatic rings. The van der Waals surface area contributed by atoms with Crippen molar-refractivity contribution in [3.05, 3.63) is 0 Å². The summed E-state index contributed by atoms with van der Waals surface area (Å²) in [5.41, 5.74) is -0.0596. The summed E-state index contributed by atoms with van der Waals surface area (Å²) < 4.78 is 0. The minimum atomic E-state index is -2.74. The van der Waals surface area contributed by atoms with E-state index < -0.39 is 6.00 Å². The van der Waals surface area contributed by atoms with E-state index in [1.54, 1.807) is 4.90 Å². The number of nitrogens with zero attached hydrogens (tertiary/aromatic N) is 1. The summed E-state index contributed by atoms with van der Waals surface area (Å²) >= 11 is 17.8. The number of hydrogen-bond acceptors (Lipinski definition) is 1. The first-order valence-corrected chi connectivity index (χ1v) is 10.2. The van der Waals surface area contributed by atoms with Crippen LogP contribution >= 0.6 is 33.2 Å². The highest BCUT2D eigenvalue weighted by Gasteiger charge is 2.54. The van der Waals surface area contributed by atoms with Gasteiger partial charge in [0.15, 0.2) is 0 Å². The van der Waals surface area contributed by atoms with Crippen LogP contribution < -0.4 is 4.90 Å². The van der Waals surface area contributed by atoms with Crippen molar-refractivity contribution in [1.82, 2.24) is 4.90 Å². The van der Waals surface area contributed by atoms with E-state index in [2.05, 4.69) is 0 Å². The van der Waals surface area contributed by atoms with E-state index >= 15 is 0 Å². The van der Waals surface area contributed by atoms with Gasteiger partial charge in [0.1, 0.15) is 5.67 Å². The van der Waals surface area contributed by atoms with Crippen LogP contribution in [0.5, 0.6) is 0 Å². The molecule has 2 atom stereocenters. The van der Waals surface area contributed by atoms with Crippen molar-refractivity contribution >= 4 is 45.3 Å². The smallest absolute Gasteiger partial charge is 0.293 e. The second-order valence-corrected chi connectivity index (χ2v) is 12.5. The van der Waals surface area contributed by atoms with E-state index in [1.165, 1.54) is 0 Å². The van der Waals surface area contributed by atoms with E-state index in [4.69, 9.17) is 33.2 Å². The maximum Gasteiger partial charge on any atom is 0.417 e. The second-order valence-electron chi connectivity index (χ2n) is 3.64. The Balaban J connectivity index is 2.62. The molecule has 1 N–H and O–H groups in total. The van der Waals surface area contributed by atoms with Crippen LogP contribution in [0.15, 0.2) is 0 Å². The van der Waals surface area contributed by atoms with Crippen LogP contribution in [0.1, 0.15) is 20.3 Å². The van der Waals surface area contributed by atoms with E-state index in [1.807, 2.05) is 13.8 Å². The fourth-order valence-electron chi connectivity index (χ4n) is 1.76. The summed E-state index contributed by atoms with van der Waals surface area (Å²) in [6.07, 6.45) is 0.852. The summed E-state index contributed by atoms with van der Waals surface area (Å²) in [7, 11) is 0. The van der Waals surface area contributed by atoms with Crippen LogP contribution in [-0.2, 0) is 0 Å². The third kappa shape index (κ3) is 3.00. The molecule has 0 aromatic carbocycles. The van der Waals surface area contributed by atoms with Gasteiger partial charge >= 0.3 is 12.0 Å². The van der Waals surface area contributed by atoms with Crippen molar-refractivity contribution < 1.29 is 9.69 Å².